The lowest BCUT2D eigenvalue weighted by atomic mass is 10.1. The highest BCUT2D eigenvalue weighted by atomic mass is 16.5. The first-order valence-corrected chi connectivity index (χ1v) is 11.0. The molecule has 0 saturated carbocycles. The molecule has 6 heteroatoms. The van der Waals surface area contributed by atoms with Gasteiger partial charge in [0.1, 0.15) is 0 Å². The number of anilines is 1. The summed E-state index contributed by atoms with van der Waals surface area (Å²) in [6, 6.07) is 6.73. The molecule has 0 radical (unpaired) electrons. The second kappa shape index (κ2) is 10.2. The predicted molar refractivity (Wildman–Crippen MR) is 115 cm³/mol. The van der Waals surface area contributed by atoms with Crippen LogP contribution in [0.2, 0.25) is 0 Å². The highest BCUT2D eigenvalue weighted by molar-refractivity contribution is 5.95. The first-order valence-electron chi connectivity index (χ1n) is 11.0. The zero-order valence-electron chi connectivity index (χ0n) is 18.0. The van der Waals surface area contributed by atoms with Gasteiger partial charge in [-0.2, -0.15) is 0 Å². The van der Waals surface area contributed by atoms with Gasteiger partial charge in [-0.15, -0.1) is 0 Å². The number of nitrogens with zero attached hydrogens (tertiary/aromatic N) is 2. The van der Waals surface area contributed by atoms with Gasteiger partial charge in [-0.05, 0) is 89.9 Å². The molecule has 1 amide bonds. The van der Waals surface area contributed by atoms with Gasteiger partial charge in [0.15, 0.2) is 0 Å². The van der Waals surface area contributed by atoms with E-state index in [0.29, 0.717) is 17.2 Å². The van der Waals surface area contributed by atoms with Crippen LogP contribution in [0.25, 0.3) is 0 Å². The Labute approximate surface area is 174 Å². The fraction of sp³-hybridized carbons (Fsp3) is 0.652. The maximum atomic E-state index is 12.7. The van der Waals surface area contributed by atoms with Crippen molar-refractivity contribution in [3.63, 3.8) is 0 Å². The number of nitrogens with one attached hydrogen (secondary N) is 1. The summed E-state index contributed by atoms with van der Waals surface area (Å²) in [5.41, 5.74) is 1.19. The van der Waals surface area contributed by atoms with E-state index in [0.717, 1.165) is 13.1 Å². The van der Waals surface area contributed by atoms with E-state index in [-0.39, 0.29) is 24.0 Å². The molecular formula is C23H35N3O3. The maximum Gasteiger partial charge on any atom is 0.338 e. The van der Waals surface area contributed by atoms with Crippen molar-refractivity contribution in [1.29, 1.82) is 0 Å². The summed E-state index contributed by atoms with van der Waals surface area (Å²) in [5.74, 6) is 0.318. The molecule has 6 nitrogen and oxygen atoms in total. The lowest BCUT2D eigenvalue weighted by Crippen LogP contribution is -2.41. The van der Waals surface area contributed by atoms with E-state index in [1.165, 1.54) is 45.3 Å². The molecule has 29 heavy (non-hydrogen) atoms. The standard InChI is InChI=1S/C23H35N3O3/c1-17(2)29-23(28)20-7-9-21(10-8-20)24-22(27)18(3)26-14-11-19(16-26)15-25-12-5-4-6-13-25/h7-10,17-19H,4-6,11-16H2,1-3H3,(H,24,27)/t18-,19+/m0/s1. The highest BCUT2D eigenvalue weighted by Gasteiger charge is 2.30. The van der Waals surface area contributed by atoms with Gasteiger partial charge in [0.2, 0.25) is 5.91 Å². The van der Waals surface area contributed by atoms with E-state index in [1.807, 2.05) is 20.8 Å². The zero-order valence-corrected chi connectivity index (χ0v) is 18.0. The number of rotatable bonds is 7. The predicted octanol–water partition coefficient (Wildman–Crippen LogP) is 3.39. The number of carbonyl (C=O) groups is 2. The van der Waals surface area contributed by atoms with Gasteiger partial charge in [-0.25, -0.2) is 4.79 Å². The molecule has 0 bridgehead atoms. The fourth-order valence-electron chi connectivity index (χ4n) is 4.25. The van der Waals surface area contributed by atoms with Gasteiger partial charge in [-0.1, -0.05) is 6.42 Å². The SMILES string of the molecule is CC(C)OC(=O)c1ccc(NC(=O)[C@H](C)N2CC[C@H](CN3CCCCC3)C2)cc1. The molecule has 2 aliphatic heterocycles. The van der Waals surface area contributed by atoms with Crippen molar-refractivity contribution in [1.82, 2.24) is 9.80 Å². The van der Waals surface area contributed by atoms with Crippen molar-refractivity contribution in [3.05, 3.63) is 29.8 Å². The first-order chi connectivity index (χ1) is 13.9. The first kappa shape index (κ1) is 21.8. The molecule has 0 aromatic heterocycles. The Kier molecular flexibility index (Phi) is 7.67. The fourth-order valence-corrected chi connectivity index (χ4v) is 4.25. The highest BCUT2D eigenvalue weighted by Crippen LogP contribution is 2.22. The molecule has 2 saturated heterocycles. The van der Waals surface area contributed by atoms with Crippen molar-refractivity contribution in [2.24, 2.45) is 5.92 Å². The summed E-state index contributed by atoms with van der Waals surface area (Å²) < 4.78 is 5.19. The Morgan fingerprint density at radius 1 is 1.07 bits per heavy atom. The third-order valence-corrected chi connectivity index (χ3v) is 5.94. The number of benzene rings is 1. The molecule has 1 N–H and O–H groups in total. The van der Waals surface area contributed by atoms with E-state index in [2.05, 4.69) is 15.1 Å². The summed E-state index contributed by atoms with van der Waals surface area (Å²) in [5, 5.41) is 2.98. The van der Waals surface area contributed by atoms with Crippen LogP contribution in [0.15, 0.2) is 24.3 Å². The van der Waals surface area contributed by atoms with Crippen LogP contribution in [0.1, 0.15) is 56.8 Å². The molecular weight excluding hydrogens is 366 g/mol. The minimum absolute atomic E-state index is 0.00105. The van der Waals surface area contributed by atoms with Gasteiger partial charge in [0.25, 0.3) is 0 Å². The Morgan fingerprint density at radius 3 is 2.41 bits per heavy atom. The third-order valence-electron chi connectivity index (χ3n) is 5.94. The van der Waals surface area contributed by atoms with Crippen LogP contribution in [0.5, 0.6) is 0 Å². The molecule has 160 valence electrons. The molecule has 0 aliphatic carbocycles. The molecule has 1 aromatic rings. The largest absolute Gasteiger partial charge is 0.459 e. The van der Waals surface area contributed by atoms with Crippen LogP contribution in [0.3, 0.4) is 0 Å². The van der Waals surface area contributed by atoms with E-state index in [9.17, 15) is 9.59 Å². The number of likely N-dealkylation sites (tertiary alicyclic amines) is 2. The number of amides is 1. The zero-order chi connectivity index (χ0) is 20.8. The number of piperidine rings is 1. The van der Waals surface area contributed by atoms with Gasteiger partial charge >= 0.3 is 5.97 Å². The summed E-state index contributed by atoms with van der Waals surface area (Å²) in [6.45, 7) is 11.2. The average Bonchev–Trinajstić information content (AvgIpc) is 3.16. The average molecular weight is 402 g/mol. The second-order valence-electron chi connectivity index (χ2n) is 8.71. The minimum Gasteiger partial charge on any atom is -0.459 e. The number of esters is 1. The Bertz CT molecular complexity index is 683. The molecule has 0 spiro atoms. The van der Waals surface area contributed by atoms with E-state index >= 15 is 0 Å². The van der Waals surface area contributed by atoms with Gasteiger partial charge in [0, 0.05) is 18.8 Å². The Balaban J connectivity index is 1.47. The summed E-state index contributed by atoms with van der Waals surface area (Å²) in [6.07, 6.45) is 5.03. The number of hydrogen-bond donors (Lipinski definition) is 1. The maximum absolute atomic E-state index is 12.7. The van der Waals surface area contributed by atoms with Crippen LogP contribution < -0.4 is 5.32 Å². The van der Waals surface area contributed by atoms with Gasteiger partial charge in [0.05, 0.1) is 17.7 Å². The lowest BCUT2D eigenvalue weighted by molar-refractivity contribution is -0.120. The Morgan fingerprint density at radius 2 is 1.76 bits per heavy atom. The van der Waals surface area contributed by atoms with Crippen LogP contribution in [0.4, 0.5) is 5.69 Å². The van der Waals surface area contributed by atoms with Gasteiger partial charge < -0.3 is 15.0 Å². The van der Waals surface area contributed by atoms with Crippen LogP contribution in [-0.4, -0.2) is 66.5 Å². The number of carbonyl (C=O) groups excluding carboxylic acids is 2. The van der Waals surface area contributed by atoms with E-state index in [4.69, 9.17) is 4.74 Å². The molecule has 2 heterocycles. The topological polar surface area (TPSA) is 61.9 Å². The van der Waals surface area contributed by atoms with Crippen molar-refractivity contribution in [3.8, 4) is 0 Å². The van der Waals surface area contributed by atoms with Gasteiger partial charge in [-0.3, -0.25) is 9.69 Å². The summed E-state index contributed by atoms with van der Waals surface area (Å²) in [4.78, 5) is 29.5. The van der Waals surface area contributed by atoms with E-state index < -0.39 is 0 Å². The molecule has 3 rings (SSSR count). The minimum atomic E-state index is -0.344. The monoisotopic (exact) mass is 401 g/mol. The summed E-state index contributed by atoms with van der Waals surface area (Å²) >= 11 is 0. The molecule has 2 atom stereocenters. The van der Waals surface area contributed by atoms with Crippen LogP contribution in [-0.2, 0) is 9.53 Å². The van der Waals surface area contributed by atoms with Crippen LogP contribution in [0, 0.1) is 5.92 Å². The normalized spacial score (nSPS) is 21.9. The third kappa shape index (κ3) is 6.28. The lowest BCUT2D eigenvalue weighted by Gasteiger charge is -2.29. The smallest absolute Gasteiger partial charge is 0.338 e. The molecule has 0 unspecified atom stereocenters. The van der Waals surface area contributed by atoms with E-state index in [1.54, 1.807) is 24.3 Å². The van der Waals surface area contributed by atoms with Crippen molar-refractivity contribution in [2.75, 3.05) is 38.0 Å². The molecule has 2 fully saturated rings. The van der Waals surface area contributed by atoms with Crippen LogP contribution >= 0.6 is 0 Å². The molecule has 2 aliphatic rings. The quantitative estimate of drug-likeness (QED) is 0.710. The molecule has 1 aromatic carbocycles. The Hall–Kier alpha value is -1.92. The second-order valence-corrected chi connectivity index (χ2v) is 8.71. The number of ether oxygens (including phenoxy) is 1. The summed E-state index contributed by atoms with van der Waals surface area (Å²) in [7, 11) is 0. The number of hydrogen-bond acceptors (Lipinski definition) is 5. The van der Waals surface area contributed by atoms with Crippen molar-refractivity contribution in [2.45, 2.75) is 58.6 Å². The van der Waals surface area contributed by atoms with Crippen molar-refractivity contribution < 1.29 is 14.3 Å². The van der Waals surface area contributed by atoms with Crippen molar-refractivity contribution >= 4 is 17.6 Å².